The zero-order valence-corrected chi connectivity index (χ0v) is 9.73. The molecule has 16 heavy (non-hydrogen) atoms. The summed E-state index contributed by atoms with van der Waals surface area (Å²) in [5.41, 5.74) is 0. The average molecular weight is 229 g/mol. The van der Waals surface area contributed by atoms with Gasteiger partial charge in [0, 0.05) is 6.61 Å². The van der Waals surface area contributed by atoms with Crippen molar-refractivity contribution in [2.75, 3.05) is 13.2 Å². The van der Waals surface area contributed by atoms with Crippen molar-refractivity contribution in [3.63, 3.8) is 0 Å². The van der Waals surface area contributed by atoms with Crippen LogP contribution in [-0.2, 0) is 14.3 Å². The molecule has 0 aromatic rings. The van der Waals surface area contributed by atoms with E-state index in [1.807, 2.05) is 0 Å². The van der Waals surface area contributed by atoms with Crippen LogP contribution in [0.25, 0.3) is 0 Å². The van der Waals surface area contributed by atoms with Crippen molar-refractivity contribution in [1.82, 2.24) is 5.32 Å². The molecule has 1 fully saturated rings. The monoisotopic (exact) mass is 229 g/mol. The largest absolute Gasteiger partial charge is 0.480 e. The minimum atomic E-state index is -0.986. The van der Waals surface area contributed by atoms with Gasteiger partial charge >= 0.3 is 5.97 Å². The van der Waals surface area contributed by atoms with E-state index >= 15 is 0 Å². The molecular formula is C11H19NO4. The molecule has 1 heterocycles. The number of hydrogen-bond acceptors (Lipinski definition) is 3. The maximum atomic E-state index is 11.8. The van der Waals surface area contributed by atoms with E-state index in [0.29, 0.717) is 13.2 Å². The van der Waals surface area contributed by atoms with E-state index in [4.69, 9.17) is 9.84 Å². The number of hydrogen-bond donors (Lipinski definition) is 2. The first kappa shape index (κ1) is 13.0. The van der Waals surface area contributed by atoms with Gasteiger partial charge in [0.15, 0.2) is 0 Å². The Morgan fingerprint density at radius 1 is 1.44 bits per heavy atom. The summed E-state index contributed by atoms with van der Waals surface area (Å²) in [6.07, 6.45) is 1.63. The van der Waals surface area contributed by atoms with Crippen LogP contribution in [0, 0.1) is 11.8 Å². The van der Waals surface area contributed by atoms with Crippen LogP contribution in [-0.4, -0.2) is 36.2 Å². The van der Waals surface area contributed by atoms with Gasteiger partial charge in [-0.05, 0) is 18.8 Å². The predicted octanol–water partition coefficient (Wildman–Crippen LogP) is 0.638. The highest BCUT2D eigenvalue weighted by Gasteiger charge is 2.28. The number of ether oxygens (including phenoxy) is 1. The molecule has 2 N–H and O–H groups in total. The zero-order valence-electron chi connectivity index (χ0n) is 9.73. The molecule has 2 unspecified atom stereocenters. The topological polar surface area (TPSA) is 75.6 Å². The van der Waals surface area contributed by atoms with Gasteiger partial charge in [0.05, 0.1) is 12.5 Å². The van der Waals surface area contributed by atoms with Crippen LogP contribution in [0.15, 0.2) is 0 Å². The Morgan fingerprint density at radius 2 is 2.12 bits per heavy atom. The van der Waals surface area contributed by atoms with Crippen LogP contribution in [0.2, 0.25) is 0 Å². The summed E-state index contributed by atoms with van der Waals surface area (Å²) in [5, 5.41) is 11.5. The molecule has 0 aromatic heterocycles. The van der Waals surface area contributed by atoms with Gasteiger partial charge in [-0.3, -0.25) is 4.79 Å². The summed E-state index contributed by atoms with van der Waals surface area (Å²) < 4.78 is 5.20. The Balaban J connectivity index is 2.50. The van der Waals surface area contributed by atoms with Crippen molar-refractivity contribution < 1.29 is 19.4 Å². The van der Waals surface area contributed by atoms with E-state index in [9.17, 15) is 9.59 Å². The van der Waals surface area contributed by atoms with Crippen LogP contribution in [0.5, 0.6) is 0 Å². The molecule has 92 valence electrons. The van der Waals surface area contributed by atoms with Gasteiger partial charge in [0.25, 0.3) is 0 Å². The van der Waals surface area contributed by atoms with Crippen molar-refractivity contribution in [2.24, 2.45) is 11.8 Å². The van der Waals surface area contributed by atoms with E-state index in [0.717, 1.165) is 12.8 Å². The van der Waals surface area contributed by atoms with Gasteiger partial charge in [0.2, 0.25) is 5.91 Å². The summed E-state index contributed by atoms with van der Waals surface area (Å²) in [7, 11) is 0. The minimum Gasteiger partial charge on any atom is -0.480 e. The number of carboxylic acid groups (broad SMARTS) is 1. The molecule has 0 aromatic carbocycles. The SMILES string of the molecule is CC(C)C(NC(=O)C1CCCOC1)C(=O)O. The number of carbonyl (C=O) groups is 2. The van der Waals surface area contributed by atoms with Crippen molar-refractivity contribution in [2.45, 2.75) is 32.7 Å². The molecule has 1 amide bonds. The Kier molecular flexibility index (Phi) is 4.73. The highest BCUT2D eigenvalue weighted by molar-refractivity contribution is 5.85. The number of rotatable bonds is 4. The number of nitrogens with one attached hydrogen (secondary N) is 1. The highest BCUT2D eigenvalue weighted by Crippen LogP contribution is 2.14. The van der Waals surface area contributed by atoms with E-state index < -0.39 is 12.0 Å². The van der Waals surface area contributed by atoms with E-state index in [2.05, 4.69) is 5.32 Å². The Morgan fingerprint density at radius 3 is 2.56 bits per heavy atom. The molecule has 0 spiro atoms. The van der Waals surface area contributed by atoms with Crippen LogP contribution in [0.3, 0.4) is 0 Å². The van der Waals surface area contributed by atoms with Crippen LogP contribution < -0.4 is 5.32 Å². The third-order valence-electron chi connectivity index (χ3n) is 2.76. The minimum absolute atomic E-state index is 0.119. The number of carboxylic acids is 1. The molecule has 0 aliphatic carbocycles. The van der Waals surface area contributed by atoms with E-state index in [-0.39, 0.29) is 17.7 Å². The van der Waals surface area contributed by atoms with Gasteiger partial charge in [-0.25, -0.2) is 4.79 Å². The first-order chi connectivity index (χ1) is 7.52. The molecule has 1 rings (SSSR count). The van der Waals surface area contributed by atoms with Gasteiger partial charge in [-0.1, -0.05) is 13.8 Å². The van der Waals surface area contributed by atoms with E-state index in [1.165, 1.54) is 0 Å². The fourth-order valence-corrected chi connectivity index (χ4v) is 1.73. The van der Waals surface area contributed by atoms with Crippen LogP contribution >= 0.6 is 0 Å². The van der Waals surface area contributed by atoms with E-state index in [1.54, 1.807) is 13.8 Å². The van der Waals surface area contributed by atoms with Gasteiger partial charge in [0.1, 0.15) is 6.04 Å². The first-order valence-electron chi connectivity index (χ1n) is 5.63. The Bertz CT molecular complexity index is 259. The van der Waals surface area contributed by atoms with Crippen LogP contribution in [0.4, 0.5) is 0 Å². The summed E-state index contributed by atoms with van der Waals surface area (Å²) in [6.45, 7) is 4.64. The molecule has 5 heteroatoms. The molecule has 1 aliphatic heterocycles. The third kappa shape index (κ3) is 3.48. The number of amides is 1. The Labute approximate surface area is 95.2 Å². The molecular weight excluding hydrogens is 210 g/mol. The quantitative estimate of drug-likeness (QED) is 0.741. The summed E-state index contributed by atoms with van der Waals surface area (Å²) in [6, 6.07) is -0.811. The van der Waals surface area contributed by atoms with Crippen molar-refractivity contribution in [1.29, 1.82) is 0 Å². The van der Waals surface area contributed by atoms with Gasteiger partial charge < -0.3 is 15.2 Å². The van der Waals surface area contributed by atoms with Crippen molar-refractivity contribution in [3.8, 4) is 0 Å². The lowest BCUT2D eigenvalue weighted by atomic mass is 9.99. The lowest BCUT2D eigenvalue weighted by Crippen LogP contribution is -2.47. The number of carbonyl (C=O) groups excluding carboxylic acids is 1. The average Bonchev–Trinajstić information content (AvgIpc) is 2.25. The fourth-order valence-electron chi connectivity index (χ4n) is 1.73. The molecule has 1 aliphatic rings. The Hall–Kier alpha value is -1.10. The maximum absolute atomic E-state index is 11.8. The second-order valence-corrected chi connectivity index (χ2v) is 4.48. The molecule has 5 nitrogen and oxygen atoms in total. The van der Waals surface area contributed by atoms with Gasteiger partial charge in [-0.15, -0.1) is 0 Å². The van der Waals surface area contributed by atoms with Gasteiger partial charge in [-0.2, -0.15) is 0 Å². The lowest BCUT2D eigenvalue weighted by molar-refractivity contribution is -0.144. The standard InChI is InChI=1S/C11H19NO4/c1-7(2)9(11(14)15)12-10(13)8-4-3-5-16-6-8/h7-9H,3-6H2,1-2H3,(H,12,13)(H,14,15). The maximum Gasteiger partial charge on any atom is 0.326 e. The summed E-state index contributed by atoms with van der Waals surface area (Å²) in [4.78, 5) is 22.7. The second-order valence-electron chi connectivity index (χ2n) is 4.48. The van der Waals surface area contributed by atoms with Crippen molar-refractivity contribution >= 4 is 11.9 Å². The number of aliphatic carboxylic acids is 1. The second kappa shape index (κ2) is 5.84. The molecule has 0 radical (unpaired) electrons. The summed E-state index contributed by atoms with van der Waals surface area (Å²) in [5.74, 6) is -1.51. The fraction of sp³-hybridized carbons (Fsp3) is 0.818. The predicted molar refractivity (Wildman–Crippen MR) is 57.9 cm³/mol. The van der Waals surface area contributed by atoms with Crippen molar-refractivity contribution in [3.05, 3.63) is 0 Å². The lowest BCUT2D eigenvalue weighted by Gasteiger charge is -2.24. The molecule has 0 bridgehead atoms. The third-order valence-corrected chi connectivity index (χ3v) is 2.76. The van der Waals surface area contributed by atoms with Crippen LogP contribution in [0.1, 0.15) is 26.7 Å². The molecule has 0 saturated carbocycles. The smallest absolute Gasteiger partial charge is 0.326 e. The first-order valence-corrected chi connectivity index (χ1v) is 5.63. The normalized spacial score (nSPS) is 22.8. The summed E-state index contributed by atoms with van der Waals surface area (Å²) >= 11 is 0. The highest BCUT2D eigenvalue weighted by atomic mass is 16.5. The molecule has 2 atom stereocenters. The molecule has 1 saturated heterocycles. The zero-order chi connectivity index (χ0) is 12.1.